The zero-order valence-electron chi connectivity index (χ0n) is 11.2. The van der Waals surface area contributed by atoms with E-state index in [1.54, 1.807) is 11.5 Å². The van der Waals surface area contributed by atoms with Crippen LogP contribution in [0.5, 0.6) is 0 Å². The third-order valence-corrected chi connectivity index (χ3v) is 3.58. The largest absolute Gasteiger partial charge is 0.381 e. The van der Waals surface area contributed by atoms with Gasteiger partial charge in [0.1, 0.15) is 12.7 Å². The lowest BCUT2D eigenvalue weighted by Gasteiger charge is -2.33. The van der Waals surface area contributed by atoms with Gasteiger partial charge < -0.3 is 15.0 Å². The van der Waals surface area contributed by atoms with Crippen LogP contribution < -0.4 is 0 Å². The monoisotopic (exact) mass is 266 g/mol. The van der Waals surface area contributed by atoms with E-state index in [9.17, 15) is 14.9 Å². The van der Waals surface area contributed by atoms with E-state index in [1.807, 2.05) is 11.8 Å². The molecule has 1 aromatic heterocycles. The summed E-state index contributed by atoms with van der Waals surface area (Å²) >= 11 is 0. The number of amides is 1. The van der Waals surface area contributed by atoms with Gasteiger partial charge in [0.15, 0.2) is 0 Å². The molecule has 1 aliphatic heterocycles. The van der Waals surface area contributed by atoms with Crippen LogP contribution in [0.1, 0.15) is 32.0 Å². The summed E-state index contributed by atoms with van der Waals surface area (Å²) in [5.41, 5.74) is 0. The van der Waals surface area contributed by atoms with Crippen molar-refractivity contribution in [3.8, 4) is 0 Å². The van der Waals surface area contributed by atoms with Gasteiger partial charge in [0.05, 0.1) is 0 Å². The Morgan fingerprint density at radius 3 is 2.89 bits per heavy atom. The standard InChI is InChI=1S/C12H18N4O3/c1-9-5-3-4-6-15(9)12(17)8-14-7-11(16(18)19)13-10(14)2/h7,9H,3-6,8H2,1-2H3. The van der Waals surface area contributed by atoms with Crippen LogP contribution in [0, 0.1) is 17.0 Å². The van der Waals surface area contributed by atoms with Gasteiger partial charge in [-0.2, -0.15) is 0 Å². The summed E-state index contributed by atoms with van der Waals surface area (Å²) in [6, 6.07) is 0.250. The van der Waals surface area contributed by atoms with Crippen molar-refractivity contribution in [1.29, 1.82) is 0 Å². The van der Waals surface area contributed by atoms with Gasteiger partial charge >= 0.3 is 5.82 Å². The summed E-state index contributed by atoms with van der Waals surface area (Å²) in [5.74, 6) is 0.282. The van der Waals surface area contributed by atoms with E-state index in [0.717, 1.165) is 25.8 Å². The summed E-state index contributed by atoms with van der Waals surface area (Å²) in [5, 5.41) is 10.6. The predicted octanol–water partition coefficient (Wildman–Crippen LogP) is 1.50. The minimum absolute atomic E-state index is 0.00241. The maximum absolute atomic E-state index is 12.2. The number of hydrogen-bond donors (Lipinski definition) is 0. The molecule has 0 aliphatic carbocycles. The molecular formula is C12H18N4O3. The average Bonchev–Trinajstić information content (AvgIpc) is 2.71. The van der Waals surface area contributed by atoms with Crippen molar-refractivity contribution >= 4 is 11.7 Å². The molecule has 1 atom stereocenters. The van der Waals surface area contributed by atoms with Crippen LogP contribution in [-0.2, 0) is 11.3 Å². The maximum atomic E-state index is 12.2. The molecule has 0 N–H and O–H groups in total. The van der Waals surface area contributed by atoms with E-state index >= 15 is 0 Å². The second-order valence-corrected chi connectivity index (χ2v) is 4.96. The Labute approximate surface area is 111 Å². The number of hydrogen-bond acceptors (Lipinski definition) is 4. The predicted molar refractivity (Wildman–Crippen MR) is 68.6 cm³/mol. The van der Waals surface area contributed by atoms with Crippen LogP contribution in [-0.4, -0.2) is 37.9 Å². The van der Waals surface area contributed by atoms with Gasteiger partial charge in [0, 0.05) is 19.5 Å². The Hall–Kier alpha value is -1.92. The Kier molecular flexibility index (Phi) is 3.82. The van der Waals surface area contributed by atoms with E-state index in [0.29, 0.717) is 5.82 Å². The van der Waals surface area contributed by atoms with Crippen LogP contribution in [0.3, 0.4) is 0 Å². The van der Waals surface area contributed by atoms with Gasteiger partial charge in [-0.3, -0.25) is 9.36 Å². The van der Waals surface area contributed by atoms with Crippen LogP contribution in [0.25, 0.3) is 0 Å². The maximum Gasteiger partial charge on any atom is 0.381 e. The van der Waals surface area contributed by atoms with Gasteiger partial charge in [-0.05, 0) is 36.1 Å². The number of likely N-dealkylation sites (tertiary alicyclic amines) is 1. The number of piperidine rings is 1. The van der Waals surface area contributed by atoms with Crippen molar-refractivity contribution in [3.63, 3.8) is 0 Å². The van der Waals surface area contributed by atoms with E-state index in [1.165, 1.54) is 6.20 Å². The van der Waals surface area contributed by atoms with Gasteiger partial charge in [-0.15, -0.1) is 0 Å². The molecular weight excluding hydrogens is 248 g/mol. The highest BCUT2D eigenvalue weighted by molar-refractivity contribution is 5.76. The Morgan fingerprint density at radius 1 is 1.58 bits per heavy atom. The molecule has 2 heterocycles. The normalized spacial score (nSPS) is 19.5. The summed E-state index contributed by atoms with van der Waals surface area (Å²) < 4.78 is 1.54. The fraction of sp³-hybridized carbons (Fsp3) is 0.667. The highest BCUT2D eigenvalue weighted by Gasteiger charge is 2.25. The summed E-state index contributed by atoms with van der Waals surface area (Å²) in [4.78, 5) is 28.0. The second-order valence-electron chi connectivity index (χ2n) is 4.96. The minimum Gasteiger partial charge on any atom is -0.358 e. The lowest BCUT2D eigenvalue weighted by molar-refractivity contribution is -0.389. The first kappa shape index (κ1) is 13.5. The number of carbonyl (C=O) groups is 1. The van der Waals surface area contributed by atoms with Crippen LogP contribution >= 0.6 is 0 Å². The molecule has 1 aromatic rings. The summed E-state index contributed by atoms with van der Waals surface area (Å²) in [6.45, 7) is 4.60. The zero-order chi connectivity index (χ0) is 14.0. The number of carbonyl (C=O) groups excluding carboxylic acids is 1. The molecule has 0 radical (unpaired) electrons. The van der Waals surface area contributed by atoms with Crippen molar-refractivity contribution < 1.29 is 9.72 Å². The molecule has 2 rings (SSSR count). The Bertz CT molecular complexity index is 497. The number of aryl methyl sites for hydroxylation is 1. The lowest BCUT2D eigenvalue weighted by Crippen LogP contribution is -2.43. The first-order valence-corrected chi connectivity index (χ1v) is 6.46. The van der Waals surface area contributed by atoms with Crippen molar-refractivity contribution in [1.82, 2.24) is 14.5 Å². The van der Waals surface area contributed by atoms with Gasteiger partial charge in [-0.25, -0.2) is 0 Å². The molecule has 1 unspecified atom stereocenters. The summed E-state index contributed by atoms with van der Waals surface area (Å²) in [6.07, 6.45) is 4.52. The van der Waals surface area contributed by atoms with Gasteiger partial charge in [0.25, 0.3) is 0 Å². The minimum atomic E-state index is -0.544. The number of aromatic nitrogens is 2. The van der Waals surface area contributed by atoms with Crippen molar-refractivity contribution in [2.75, 3.05) is 6.54 Å². The topological polar surface area (TPSA) is 81.3 Å². The molecule has 1 aliphatic rings. The first-order chi connectivity index (χ1) is 8.99. The quantitative estimate of drug-likeness (QED) is 0.613. The van der Waals surface area contributed by atoms with Crippen molar-refractivity contribution in [2.45, 2.75) is 45.7 Å². The second kappa shape index (κ2) is 5.38. The third kappa shape index (κ3) is 2.91. The zero-order valence-corrected chi connectivity index (χ0v) is 11.2. The molecule has 1 amide bonds. The highest BCUT2D eigenvalue weighted by atomic mass is 16.6. The Morgan fingerprint density at radius 2 is 2.32 bits per heavy atom. The number of imidazole rings is 1. The Balaban J connectivity index is 2.08. The molecule has 1 fully saturated rings. The molecule has 0 spiro atoms. The smallest absolute Gasteiger partial charge is 0.358 e. The number of nitrogens with zero attached hydrogens (tertiary/aromatic N) is 4. The average molecular weight is 266 g/mol. The molecule has 7 heteroatoms. The van der Waals surface area contributed by atoms with Gasteiger partial charge in [0.2, 0.25) is 11.7 Å². The van der Waals surface area contributed by atoms with E-state index in [-0.39, 0.29) is 24.3 Å². The van der Waals surface area contributed by atoms with Crippen LogP contribution in [0.2, 0.25) is 0 Å². The third-order valence-electron chi connectivity index (χ3n) is 3.58. The highest BCUT2D eigenvalue weighted by Crippen LogP contribution is 2.17. The SMILES string of the molecule is Cc1nc([N+](=O)[O-])cn1CC(=O)N1CCCCC1C. The first-order valence-electron chi connectivity index (χ1n) is 6.46. The van der Waals surface area contributed by atoms with Crippen molar-refractivity contribution in [3.05, 3.63) is 22.1 Å². The van der Waals surface area contributed by atoms with E-state index in [4.69, 9.17) is 0 Å². The summed E-state index contributed by atoms with van der Waals surface area (Å²) in [7, 11) is 0. The van der Waals surface area contributed by atoms with Crippen LogP contribution in [0.15, 0.2) is 6.20 Å². The molecule has 7 nitrogen and oxygen atoms in total. The molecule has 104 valence electrons. The fourth-order valence-electron chi connectivity index (χ4n) is 2.44. The van der Waals surface area contributed by atoms with Crippen LogP contribution in [0.4, 0.5) is 5.82 Å². The molecule has 1 saturated heterocycles. The molecule has 0 saturated carbocycles. The molecule has 19 heavy (non-hydrogen) atoms. The fourth-order valence-corrected chi connectivity index (χ4v) is 2.44. The van der Waals surface area contributed by atoms with E-state index < -0.39 is 4.92 Å². The van der Waals surface area contributed by atoms with E-state index in [2.05, 4.69) is 4.98 Å². The number of nitro groups is 1. The molecule has 0 bridgehead atoms. The number of rotatable bonds is 3. The van der Waals surface area contributed by atoms with Crippen molar-refractivity contribution in [2.24, 2.45) is 0 Å². The lowest BCUT2D eigenvalue weighted by atomic mass is 10.0. The van der Waals surface area contributed by atoms with Gasteiger partial charge in [-0.1, -0.05) is 0 Å². The molecule has 0 aromatic carbocycles.